The van der Waals surface area contributed by atoms with Crippen molar-refractivity contribution in [2.45, 2.75) is 64.0 Å². The van der Waals surface area contributed by atoms with Crippen LogP contribution in [0.2, 0.25) is 0 Å². The molecule has 3 unspecified atom stereocenters. The van der Waals surface area contributed by atoms with E-state index in [1.165, 1.54) is 38.6 Å². The minimum Gasteiger partial charge on any atom is -0.393 e. The molecule has 0 aromatic carbocycles. The van der Waals surface area contributed by atoms with E-state index >= 15 is 0 Å². The highest BCUT2D eigenvalue weighted by Crippen LogP contribution is 2.35. The van der Waals surface area contributed by atoms with Crippen molar-refractivity contribution in [3.63, 3.8) is 0 Å². The lowest BCUT2D eigenvalue weighted by molar-refractivity contribution is 0.0330. The average Bonchev–Trinajstić information content (AvgIpc) is 3.05. The molecule has 2 nitrogen and oxygen atoms in total. The molecule has 3 atom stereocenters. The molecule has 2 aliphatic rings. The minimum absolute atomic E-state index is 0.0419. The van der Waals surface area contributed by atoms with Crippen LogP contribution in [0.15, 0.2) is 0 Å². The Labute approximate surface area is 100 Å². The summed E-state index contributed by atoms with van der Waals surface area (Å²) in [4.78, 5) is 2.54. The summed E-state index contributed by atoms with van der Waals surface area (Å²) in [7, 11) is 2.27. The van der Waals surface area contributed by atoms with Crippen LogP contribution in [0.4, 0.5) is 0 Å². The topological polar surface area (TPSA) is 23.5 Å². The van der Waals surface area contributed by atoms with Crippen molar-refractivity contribution < 1.29 is 5.11 Å². The van der Waals surface area contributed by atoms with E-state index < -0.39 is 0 Å². The Kier molecular flexibility index (Phi) is 4.26. The second-order valence-electron chi connectivity index (χ2n) is 5.97. The second kappa shape index (κ2) is 5.50. The number of hydrogen-bond acceptors (Lipinski definition) is 2. The average molecular weight is 225 g/mol. The van der Waals surface area contributed by atoms with Gasteiger partial charge in [0.25, 0.3) is 0 Å². The Hall–Kier alpha value is -0.0800. The predicted molar refractivity (Wildman–Crippen MR) is 67.4 cm³/mol. The molecule has 0 heterocycles. The van der Waals surface area contributed by atoms with Gasteiger partial charge in [-0.2, -0.15) is 0 Å². The molecule has 0 amide bonds. The Morgan fingerprint density at radius 3 is 2.56 bits per heavy atom. The number of hydrogen-bond donors (Lipinski definition) is 1. The molecule has 94 valence electrons. The molecule has 0 aliphatic heterocycles. The van der Waals surface area contributed by atoms with Gasteiger partial charge in [-0.1, -0.05) is 13.3 Å². The van der Waals surface area contributed by atoms with Crippen molar-refractivity contribution in [1.29, 1.82) is 0 Å². The summed E-state index contributed by atoms with van der Waals surface area (Å²) in [5.41, 5.74) is 0. The fourth-order valence-corrected chi connectivity index (χ4v) is 3.28. The zero-order valence-electron chi connectivity index (χ0n) is 10.9. The summed E-state index contributed by atoms with van der Waals surface area (Å²) in [6.07, 6.45) is 8.71. The molecule has 0 bridgehead atoms. The molecule has 2 aliphatic carbocycles. The van der Waals surface area contributed by atoms with Gasteiger partial charge < -0.3 is 10.0 Å². The summed E-state index contributed by atoms with van der Waals surface area (Å²) in [5, 5.41) is 9.84. The molecule has 0 spiro atoms. The van der Waals surface area contributed by atoms with E-state index in [0.717, 1.165) is 24.7 Å². The molecular formula is C14H27NO. The summed E-state index contributed by atoms with van der Waals surface area (Å²) in [5.74, 6) is 1.79. The van der Waals surface area contributed by atoms with Crippen LogP contribution in [-0.2, 0) is 0 Å². The normalized spacial score (nSPS) is 35.6. The van der Waals surface area contributed by atoms with E-state index in [2.05, 4.69) is 18.9 Å². The summed E-state index contributed by atoms with van der Waals surface area (Å²) in [6, 6.07) is 0.643. The van der Waals surface area contributed by atoms with Crippen LogP contribution in [0.5, 0.6) is 0 Å². The summed E-state index contributed by atoms with van der Waals surface area (Å²) < 4.78 is 0. The lowest BCUT2D eigenvalue weighted by atomic mass is 9.79. The maximum atomic E-state index is 9.84. The SMILES string of the molecule is CCCC1CCC(O)CC1N(C)CC1CC1. The van der Waals surface area contributed by atoms with Gasteiger partial charge in [0.05, 0.1) is 6.10 Å². The molecule has 0 aromatic rings. The Bertz CT molecular complexity index is 215. The molecule has 2 heteroatoms. The Morgan fingerprint density at radius 1 is 1.19 bits per heavy atom. The Morgan fingerprint density at radius 2 is 1.94 bits per heavy atom. The number of nitrogens with zero attached hydrogens (tertiary/aromatic N) is 1. The van der Waals surface area contributed by atoms with Crippen molar-refractivity contribution in [1.82, 2.24) is 4.90 Å². The number of rotatable bonds is 5. The second-order valence-corrected chi connectivity index (χ2v) is 5.97. The zero-order valence-corrected chi connectivity index (χ0v) is 10.9. The third kappa shape index (κ3) is 3.21. The molecule has 16 heavy (non-hydrogen) atoms. The smallest absolute Gasteiger partial charge is 0.0555 e. The summed E-state index contributed by atoms with van der Waals surface area (Å²) >= 11 is 0. The third-order valence-corrected chi connectivity index (χ3v) is 4.40. The van der Waals surface area contributed by atoms with Crippen molar-refractivity contribution in [3.8, 4) is 0 Å². The number of aliphatic hydroxyl groups excluding tert-OH is 1. The maximum Gasteiger partial charge on any atom is 0.0555 e. The van der Waals surface area contributed by atoms with E-state index in [1.807, 2.05) is 0 Å². The van der Waals surface area contributed by atoms with E-state index in [0.29, 0.717) is 6.04 Å². The third-order valence-electron chi connectivity index (χ3n) is 4.40. The highest BCUT2D eigenvalue weighted by molar-refractivity contribution is 4.88. The van der Waals surface area contributed by atoms with Crippen LogP contribution in [0.3, 0.4) is 0 Å². The molecule has 2 fully saturated rings. The first-order valence-corrected chi connectivity index (χ1v) is 7.09. The van der Waals surface area contributed by atoms with E-state index in [9.17, 15) is 5.11 Å². The van der Waals surface area contributed by atoms with E-state index in [4.69, 9.17) is 0 Å². The molecular weight excluding hydrogens is 198 g/mol. The van der Waals surface area contributed by atoms with Crippen LogP contribution < -0.4 is 0 Å². The monoisotopic (exact) mass is 225 g/mol. The standard InChI is InChI=1S/C14H27NO/c1-3-4-12-7-8-13(16)9-14(12)15(2)10-11-5-6-11/h11-14,16H,3-10H2,1-2H3. The Balaban J connectivity index is 1.89. The van der Waals surface area contributed by atoms with Gasteiger partial charge in [-0.25, -0.2) is 0 Å². The van der Waals surface area contributed by atoms with E-state index in [-0.39, 0.29) is 6.10 Å². The van der Waals surface area contributed by atoms with Gasteiger partial charge in [-0.05, 0) is 57.4 Å². The van der Waals surface area contributed by atoms with Crippen LogP contribution in [0.25, 0.3) is 0 Å². The first-order chi connectivity index (χ1) is 7.70. The quantitative estimate of drug-likeness (QED) is 0.777. The molecule has 0 saturated heterocycles. The van der Waals surface area contributed by atoms with Crippen molar-refractivity contribution in [2.24, 2.45) is 11.8 Å². The maximum absolute atomic E-state index is 9.84. The largest absolute Gasteiger partial charge is 0.393 e. The van der Waals surface area contributed by atoms with Crippen LogP contribution in [-0.4, -0.2) is 35.7 Å². The lowest BCUT2D eigenvalue weighted by Crippen LogP contribution is -2.44. The summed E-state index contributed by atoms with van der Waals surface area (Å²) in [6.45, 7) is 3.54. The molecule has 2 saturated carbocycles. The first-order valence-electron chi connectivity index (χ1n) is 7.09. The zero-order chi connectivity index (χ0) is 11.5. The van der Waals surface area contributed by atoms with Gasteiger partial charge in [-0.15, -0.1) is 0 Å². The van der Waals surface area contributed by atoms with Crippen molar-refractivity contribution >= 4 is 0 Å². The fourth-order valence-electron chi connectivity index (χ4n) is 3.28. The van der Waals surface area contributed by atoms with E-state index in [1.54, 1.807) is 0 Å². The predicted octanol–water partition coefficient (Wildman–Crippen LogP) is 2.66. The molecule has 0 aromatic heterocycles. The minimum atomic E-state index is -0.0419. The molecule has 1 N–H and O–H groups in total. The highest BCUT2D eigenvalue weighted by atomic mass is 16.3. The van der Waals surface area contributed by atoms with Crippen LogP contribution in [0, 0.1) is 11.8 Å². The fraction of sp³-hybridized carbons (Fsp3) is 1.00. The van der Waals surface area contributed by atoms with Gasteiger partial charge in [0.2, 0.25) is 0 Å². The van der Waals surface area contributed by atoms with Crippen LogP contribution in [0.1, 0.15) is 51.9 Å². The molecule has 2 rings (SSSR count). The van der Waals surface area contributed by atoms with Gasteiger partial charge in [0.1, 0.15) is 0 Å². The van der Waals surface area contributed by atoms with Gasteiger partial charge in [0, 0.05) is 12.6 Å². The van der Waals surface area contributed by atoms with Crippen LogP contribution >= 0.6 is 0 Å². The van der Waals surface area contributed by atoms with Gasteiger partial charge >= 0.3 is 0 Å². The van der Waals surface area contributed by atoms with Crippen molar-refractivity contribution in [3.05, 3.63) is 0 Å². The van der Waals surface area contributed by atoms with Gasteiger partial charge in [0.15, 0.2) is 0 Å². The first kappa shape index (κ1) is 12.4. The molecule has 0 radical (unpaired) electrons. The lowest BCUT2D eigenvalue weighted by Gasteiger charge is -2.40. The van der Waals surface area contributed by atoms with Gasteiger partial charge in [-0.3, -0.25) is 0 Å². The highest BCUT2D eigenvalue weighted by Gasteiger charge is 2.34. The van der Waals surface area contributed by atoms with Crippen molar-refractivity contribution in [2.75, 3.05) is 13.6 Å². The number of aliphatic hydroxyl groups is 1.